The summed E-state index contributed by atoms with van der Waals surface area (Å²) in [5.41, 5.74) is 1.01. The molecule has 1 fully saturated rings. The lowest BCUT2D eigenvalue weighted by Crippen LogP contribution is -2.44. The second kappa shape index (κ2) is 11.3. The van der Waals surface area contributed by atoms with Crippen molar-refractivity contribution in [3.63, 3.8) is 0 Å². The molecule has 2 aromatic heterocycles. The SMILES string of the molecule is CCC(CC)c1cc(CNC(=NC)NC2CCN(c3ncccc3F)C2)on1.I. The maximum absolute atomic E-state index is 13.9. The number of pyridine rings is 1. The summed E-state index contributed by atoms with van der Waals surface area (Å²) >= 11 is 0. The third-order valence-corrected chi connectivity index (χ3v) is 5.20. The van der Waals surface area contributed by atoms with Crippen LogP contribution in [0, 0.1) is 5.82 Å². The molecule has 160 valence electrons. The van der Waals surface area contributed by atoms with Gasteiger partial charge in [0.2, 0.25) is 0 Å². The Kier molecular flexibility index (Phi) is 9.12. The number of aromatic nitrogens is 2. The first-order valence-electron chi connectivity index (χ1n) is 9.92. The highest BCUT2D eigenvalue weighted by molar-refractivity contribution is 14.0. The monoisotopic (exact) mass is 516 g/mol. The van der Waals surface area contributed by atoms with E-state index in [-0.39, 0.29) is 35.8 Å². The summed E-state index contributed by atoms with van der Waals surface area (Å²) < 4.78 is 19.4. The molecule has 9 heteroatoms. The first kappa shape index (κ1) is 23.4. The van der Waals surface area contributed by atoms with E-state index in [1.165, 1.54) is 6.07 Å². The second-order valence-electron chi connectivity index (χ2n) is 7.04. The molecule has 3 rings (SSSR count). The molecule has 2 N–H and O–H groups in total. The van der Waals surface area contributed by atoms with Gasteiger partial charge in [0, 0.05) is 44.4 Å². The van der Waals surface area contributed by atoms with Crippen LogP contribution in [0.1, 0.15) is 50.5 Å². The minimum atomic E-state index is -0.288. The van der Waals surface area contributed by atoms with Gasteiger partial charge in [-0.3, -0.25) is 4.99 Å². The Labute approximate surface area is 188 Å². The number of hydrogen-bond acceptors (Lipinski definition) is 5. The van der Waals surface area contributed by atoms with Crippen molar-refractivity contribution in [2.24, 2.45) is 4.99 Å². The lowest BCUT2D eigenvalue weighted by atomic mass is 9.99. The van der Waals surface area contributed by atoms with E-state index in [4.69, 9.17) is 4.52 Å². The van der Waals surface area contributed by atoms with Gasteiger partial charge in [0.05, 0.1) is 12.2 Å². The number of rotatable bonds is 7. The average molecular weight is 516 g/mol. The van der Waals surface area contributed by atoms with Gasteiger partial charge in [-0.1, -0.05) is 19.0 Å². The number of hydrogen-bond donors (Lipinski definition) is 2. The van der Waals surface area contributed by atoms with Gasteiger partial charge >= 0.3 is 0 Å². The van der Waals surface area contributed by atoms with Crippen molar-refractivity contribution >= 4 is 35.8 Å². The Balaban J connectivity index is 0.00000300. The molecule has 0 radical (unpaired) electrons. The molecule has 0 saturated carbocycles. The molecule has 2 aromatic rings. The molecule has 0 aliphatic carbocycles. The molecule has 0 aromatic carbocycles. The van der Waals surface area contributed by atoms with Crippen LogP contribution in [0.3, 0.4) is 0 Å². The van der Waals surface area contributed by atoms with Crippen molar-refractivity contribution in [2.45, 2.75) is 51.6 Å². The van der Waals surface area contributed by atoms with Crippen molar-refractivity contribution in [2.75, 3.05) is 25.0 Å². The fourth-order valence-corrected chi connectivity index (χ4v) is 3.55. The summed E-state index contributed by atoms with van der Waals surface area (Å²) in [7, 11) is 1.73. The summed E-state index contributed by atoms with van der Waals surface area (Å²) in [6.07, 6.45) is 4.60. The summed E-state index contributed by atoms with van der Waals surface area (Å²) in [4.78, 5) is 10.4. The molecule has 29 heavy (non-hydrogen) atoms. The van der Waals surface area contributed by atoms with E-state index in [0.717, 1.165) is 37.3 Å². The number of nitrogens with one attached hydrogen (secondary N) is 2. The molecule has 7 nitrogen and oxygen atoms in total. The molecule has 1 aliphatic rings. The summed E-state index contributed by atoms with van der Waals surface area (Å²) in [5.74, 6) is 2.03. The summed E-state index contributed by atoms with van der Waals surface area (Å²) in [6, 6.07) is 5.23. The van der Waals surface area contributed by atoms with Gasteiger partial charge in [-0.25, -0.2) is 9.37 Å². The van der Waals surface area contributed by atoms with E-state index in [1.54, 1.807) is 19.3 Å². The lowest BCUT2D eigenvalue weighted by Gasteiger charge is -2.19. The smallest absolute Gasteiger partial charge is 0.191 e. The van der Waals surface area contributed by atoms with E-state index in [0.29, 0.717) is 30.8 Å². The standard InChI is InChI=1S/C20H29FN6O.HI/c1-4-14(5-2)18-11-16(28-26-18)12-24-20(22-3)25-15-8-10-27(13-15)19-17(21)7-6-9-23-19;/h6-7,9,11,14-15H,4-5,8,10,12-13H2,1-3H3,(H2,22,24,25);1H. The van der Waals surface area contributed by atoms with Gasteiger partial charge in [0.1, 0.15) is 0 Å². The van der Waals surface area contributed by atoms with Crippen molar-refractivity contribution < 1.29 is 8.91 Å². The number of halogens is 2. The third-order valence-electron chi connectivity index (χ3n) is 5.20. The van der Waals surface area contributed by atoms with Gasteiger partial charge in [-0.15, -0.1) is 24.0 Å². The molecule has 1 atom stereocenters. The van der Waals surface area contributed by atoms with Crippen LogP contribution in [-0.2, 0) is 6.54 Å². The highest BCUT2D eigenvalue weighted by Gasteiger charge is 2.26. The van der Waals surface area contributed by atoms with Gasteiger partial charge < -0.3 is 20.1 Å². The Bertz CT molecular complexity index is 795. The highest BCUT2D eigenvalue weighted by Crippen LogP contribution is 2.22. The predicted molar refractivity (Wildman–Crippen MR) is 123 cm³/mol. The van der Waals surface area contributed by atoms with Crippen LogP contribution >= 0.6 is 24.0 Å². The average Bonchev–Trinajstić information content (AvgIpc) is 3.36. The van der Waals surface area contributed by atoms with Crippen LogP contribution in [0.25, 0.3) is 0 Å². The van der Waals surface area contributed by atoms with Gasteiger partial charge in [-0.05, 0) is 31.4 Å². The van der Waals surface area contributed by atoms with Crippen LogP contribution in [-0.4, -0.2) is 42.3 Å². The number of aliphatic imine (C=N–C) groups is 1. The summed E-state index contributed by atoms with van der Waals surface area (Å²) in [6.45, 7) is 6.26. The van der Waals surface area contributed by atoms with Crippen molar-refractivity contribution in [3.8, 4) is 0 Å². The predicted octanol–water partition coefficient (Wildman–Crippen LogP) is 3.67. The third kappa shape index (κ3) is 6.03. The zero-order valence-electron chi connectivity index (χ0n) is 17.2. The zero-order valence-corrected chi connectivity index (χ0v) is 19.5. The minimum absolute atomic E-state index is 0. The molecule has 1 unspecified atom stereocenters. The number of nitrogens with zero attached hydrogens (tertiary/aromatic N) is 4. The second-order valence-corrected chi connectivity index (χ2v) is 7.04. The molecule has 1 aliphatic heterocycles. The Morgan fingerprint density at radius 1 is 1.41 bits per heavy atom. The Morgan fingerprint density at radius 3 is 2.90 bits per heavy atom. The van der Waals surface area contributed by atoms with E-state index in [1.807, 2.05) is 11.0 Å². The number of guanidine groups is 1. The molecule has 1 saturated heterocycles. The van der Waals surface area contributed by atoms with Crippen LogP contribution in [0.5, 0.6) is 0 Å². The molecule has 0 bridgehead atoms. The van der Waals surface area contributed by atoms with Gasteiger partial charge in [0.25, 0.3) is 0 Å². The first-order chi connectivity index (χ1) is 13.6. The Morgan fingerprint density at radius 2 is 2.21 bits per heavy atom. The maximum atomic E-state index is 13.9. The van der Waals surface area contributed by atoms with Crippen LogP contribution in [0.15, 0.2) is 33.9 Å². The van der Waals surface area contributed by atoms with Crippen molar-refractivity contribution in [3.05, 3.63) is 41.7 Å². The fraction of sp³-hybridized carbons (Fsp3) is 0.550. The molecular weight excluding hydrogens is 486 g/mol. The van der Waals surface area contributed by atoms with Gasteiger partial charge in [0.15, 0.2) is 23.4 Å². The lowest BCUT2D eigenvalue weighted by molar-refractivity contribution is 0.368. The number of anilines is 1. The van der Waals surface area contributed by atoms with E-state index in [9.17, 15) is 4.39 Å². The summed E-state index contributed by atoms with van der Waals surface area (Å²) in [5, 5.41) is 10.8. The van der Waals surface area contributed by atoms with E-state index < -0.39 is 0 Å². The molecule has 0 spiro atoms. The van der Waals surface area contributed by atoms with E-state index in [2.05, 4.69) is 39.6 Å². The zero-order chi connectivity index (χ0) is 19.9. The molecule has 0 amide bonds. The quantitative estimate of drug-likeness (QED) is 0.332. The fourth-order valence-electron chi connectivity index (χ4n) is 3.55. The normalized spacial score (nSPS) is 16.8. The largest absolute Gasteiger partial charge is 0.359 e. The minimum Gasteiger partial charge on any atom is -0.359 e. The van der Waals surface area contributed by atoms with Crippen LogP contribution < -0.4 is 15.5 Å². The first-order valence-corrected chi connectivity index (χ1v) is 9.92. The van der Waals surface area contributed by atoms with E-state index >= 15 is 0 Å². The van der Waals surface area contributed by atoms with Crippen LogP contribution in [0.2, 0.25) is 0 Å². The highest BCUT2D eigenvalue weighted by atomic mass is 127. The van der Waals surface area contributed by atoms with Crippen molar-refractivity contribution in [1.29, 1.82) is 0 Å². The molecular formula is C20H30FIN6O. The topological polar surface area (TPSA) is 78.6 Å². The van der Waals surface area contributed by atoms with Crippen molar-refractivity contribution in [1.82, 2.24) is 20.8 Å². The van der Waals surface area contributed by atoms with Crippen LogP contribution in [0.4, 0.5) is 10.2 Å². The maximum Gasteiger partial charge on any atom is 0.191 e. The molecule has 3 heterocycles. The van der Waals surface area contributed by atoms with Gasteiger partial charge in [-0.2, -0.15) is 0 Å². The Hall–Kier alpha value is -1.91.